The fourth-order valence-electron chi connectivity index (χ4n) is 2.02. The van der Waals surface area contributed by atoms with E-state index in [0.717, 1.165) is 12.8 Å². The van der Waals surface area contributed by atoms with Crippen LogP contribution in [0.4, 0.5) is 0 Å². The van der Waals surface area contributed by atoms with E-state index in [-0.39, 0.29) is 5.54 Å². The van der Waals surface area contributed by atoms with E-state index in [0.29, 0.717) is 6.04 Å². The summed E-state index contributed by atoms with van der Waals surface area (Å²) < 4.78 is 0. The van der Waals surface area contributed by atoms with Gasteiger partial charge in [0.2, 0.25) is 0 Å². The molecule has 0 aromatic rings. The first-order valence-electron chi connectivity index (χ1n) is 5.17. The minimum atomic E-state index is 0.131. The Morgan fingerprint density at radius 1 is 1.25 bits per heavy atom. The van der Waals surface area contributed by atoms with Crippen LogP contribution < -0.4 is 11.5 Å². The third-order valence-corrected chi connectivity index (χ3v) is 2.95. The predicted octanol–water partition coefficient (Wildman–Crippen LogP) is 1.78. The molecule has 1 fully saturated rings. The molecule has 0 amide bonds. The highest BCUT2D eigenvalue weighted by molar-refractivity contribution is 4.87. The van der Waals surface area contributed by atoms with Gasteiger partial charge in [-0.05, 0) is 32.6 Å². The molecule has 0 saturated heterocycles. The molecule has 0 spiro atoms. The van der Waals surface area contributed by atoms with Crippen molar-refractivity contribution in [1.82, 2.24) is 0 Å². The van der Waals surface area contributed by atoms with Gasteiger partial charge in [0.1, 0.15) is 0 Å². The zero-order chi connectivity index (χ0) is 9.03. The highest BCUT2D eigenvalue weighted by atomic mass is 14.7. The molecular weight excluding hydrogens is 148 g/mol. The number of rotatable bonds is 3. The van der Waals surface area contributed by atoms with Crippen molar-refractivity contribution in [2.45, 2.75) is 63.5 Å². The van der Waals surface area contributed by atoms with E-state index in [4.69, 9.17) is 11.5 Å². The van der Waals surface area contributed by atoms with Gasteiger partial charge in [0.15, 0.2) is 0 Å². The molecule has 1 saturated carbocycles. The van der Waals surface area contributed by atoms with E-state index < -0.39 is 0 Å². The minimum absolute atomic E-state index is 0.131. The fraction of sp³-hybridized carbons (Fsp3) is 1.00. The summed E-state index contributed by atoms with van der Waals surface area (Å²) in [7, 11) is 0. The molecule has 1 rings (SSSR count). The Balaban J connectivity index is 2.26. The van der Waals surface area contributed by atoms with Crippen LogP contribution in [-0.4, -0.2) is 11.6 Å². The van der Waals surface area contributed by atoms with Crippen molar-refractivity contribution >= 4 is 0 Å². The molecule has 2 nitrogen and oxygen atoms in total. The molecular formula is C10H22N2. The lowest BCUT2D eigenvalue weighted by atomic mass is 9.79. The Labute approximate surface area is 75.7 Å². The van der Waals surface area contributed by atoms with E-state index in [9.17, 15) is 0 Å². The third-order valence-electron chi connectivity index (χ3n) is 2.95. The van der Waals surface area contributed by atoms with Crippen LogP contribution in [0, 0.1) is 0 Å². The van der Waals surface area contributed by atoms with Crippen LogP contribution in [0.2, 0.25) is 0 Å². The highest BCUT2D eigenvalue weighted by Crippen LogP contribution is 2.29. The summed E-state index contributed by atoms with van der Waals surface area (Å²) in [5.74, 6) is 0. The molecule has 4 N–H and O–H groups in total. The zero-order valence-electron chi connectivity index (χ0n) is 8.18. The van der Waals surface area contributed by atoms with Gasteiger partial charge in [0, 0.05) is 11.6 Å². The molecule has 0 radical (unpaired) electrons. The lowest BCUT2D eigenvalue weighted by Gasteiger charge is -2.33. The summed E-state index contributed by atoms with van der Waals surface area (Å²) in [5.41, 5.74) is 12.1. The normalized spacial score (nSPS) is 25.2. The molecule has 0 bridgehead atoms. The van der Waals surface area contributed by atoms with Gasteiger partial charge in [0.25, 0.3) is 0 Å². The van der Waals surface area contributed by atoms with Crippen LogP contribution in [0.5, 0.6) is 0 Å². The first kappa shape index (κ1) is 10.0. The van der Waals surface area contributed by atoms with Gasteiger partial charge in [-0.1, -0.05) is 19.3 Å². The second kappa shape index (κ2) is 4.24. The van der Waals surface area contributed by atoms with E-state index in [1.165, 1.54) is 32.1 Å². The summed E-state index contributed by atoms with van der Waals surface area (Å²) >= 11 is 0. The van der Waals surface area contributed by atoms with Crippen molar-refractivity contribution in [2.24, 2.45) is 11.5 Å². The monoisotopic (exact) mass is 170 g/mol. The van der Waals surface area contributed by atoms with Gasteiger partial charge in [0.05, 0.1) is 0 Å². The second-order valence-corrected chi connectivity index (χ2v) is 4.44. The van der Waals surface area contributed by atoms with Crippen LogP contribution in [0.3, 0.4) is 0 Å². The molecule has 2 heteroatoms. The molecule has 0 heterocycles. The maximum atomic E-state index is 6.25. The van der Waals surface area contributed by atoms with E-state index in [2.05, 4.69) is 6.92 Å². The van der Waals surface area contributed by atoms with E-state index in [1.807, 2.05) is 0 Å². The molecule has 1 aliphatic rings. The summed E-state index contributed by atoms with van der Waals surface area (Å²) in [4.78, 5) is 0. The third kappa shape index (κ3) is 3.11. The summed E-state index contributed by atoms with van der Waals surface area (Å²) in [6.45, 7) is 2.06. The summed E-state index contributed by atoms with van der Waals surface area (Å²) in [6.07, 6.45) is 8.61. The highest BCUT2D eigenvalue weighted by Gasteiger charge is 2.26. The molecule has 0 aromatic carbocycles. The molecule has 1 unspecified atom stereocenters. The van der Waals surface area contributed by atoms with Gasteiger partial charge in [-0.25, -0.2) is 0 Å². The van der Waals surface area contributed by atoms with Gasteiger partial charge >= 0.3 is 0 Å². The topological polar surface area (TPSA) is 52.0 Å². The van der Waals surface area contributed by atoms with Crippen LogP contribution in [0.1, 0.15) is 51.9 Å². The molecule has 12 heavy (non-hydrogen) atoms. The number of hydrogen-bond donors (Lipinski definition) is 2. The average Bonchev–Trinajstić information content (AvgIpc) is 2.03. The Hall–Kier alpha value is -0.0800. The van der Waals surface area contributed by atoms with Gasteiger partial charge in [-0.2, -0.15) is 0 Å². The van der Waals surface area contributed by atoms with Crippen LogP contribution >= 0.6 is 0 Å². The van der Waals surface area contributed by atoms with Crippen molar-refractivity contribution in [3.8, 4) is 0 Å². The first-order valence-corrected chi connectivity index (χ1v) is 5.17. The van der Waals surface area contributed by atoms with E-state index in [1.54, 1.807) is 0 Å². The number of hydrogen-bond acceptors (Lipinski definition) is 2. The van der Waals surface area contributed by atoms with Crippen molar-refractivity contribution < 1.29 is 0 Å². The molecule has 1 atom stereocenters. The average molecular weight is 170 g/mol. The largest absolute Gasteiger partial charge is 0.328 e. The Kier molecular flexibility index (Phi) is 3.53. The Morgan fingerprint density at radius 2 is 1.83 bits per heavy atom. The minimum Gasteiger partial charge on any atom is -0.328 e. The van der Waals surface area contributed by atoms with Crippen LogP contribution in [0.15, 0.2) is 0 Å². The molecule has 1 aliphatic carbocycles. The van der Waals surface area contributed by atoms with Crippen molar-refractivity contribution in [3.05, 3.63) is 0 Å². The standard InChI is InChI=1S/C10H22N2/c1-9(11)5-8-10(12)6-3-2-4-7-10/h9H,2-8,11-12H2,1H3. The Bertz CT molecular complexity index is 126. The van der Waals surface area contributed by atoms with Crippen molar-refractivity contribution in [1.29, 1.82) is 0 Å². The van der Waals surface area contributed by atoms with E-state index >= 15 is 0 Å². The first-order chi connectivity index (χ1) is 5.62. The van der Waals surface area contributed by atoms with Crippen molar-refractivity contribution in [3.63, 3.8) is 0 Å². The Morgan fingerprint density at radius 3 is 2.33 bits per heavy atom. The SMILES string of the molecule is CC(N)CCC1(N)CCCCC1. The fourth-order valence-corrected chi connectivity index (χ4v) is 2.02. The lowest BCUT2D eigenvalue weighted by molar-refractivity contribution is 0.267. The molecule has 0 aliphatic heterocycles. The quantitative estimate of drug-likeness (QED) is 0.678. The predicted molar refractivity (Wildman–Crippen MR) is 52.9 cm³/mol. The van der Waals surface area contributed by atoms with Gasteiger partial charge < -0.3 is 11.5 Å². The second-order valence-electron chi connectivity index (χ2n) is 4.44. The zero-order valence-corrected chi connectivity index (χ0v) is 8.18. The van der Waals surface area contributed by atoms with Gasteiger partial charge in [-0.3, -0.25) is 0 Å². The summed E-state index contributed by atoms with van der Waals surface area (Å²) in [6, 6.07) is 0.312. The number of nitrogens with two attached hydrogens (primary N) is 2. The maximum absolute atomic E-state index is 6.25. The summed E-state index contributed by atoms with van der Waals surface area (Å²) in [5, 5.41) is 0. The van der Waals surface area contributed by atoms with Gasteiger partial charge in [-0.15, -0.1) is 0 Å². The molecule has 72 valence electrons. The van der Waals surface area contributed by atoms with Crippen LogP contribution in [0.25, 0.3) is 0 Å². The van der Waals surface area contributed by atoms with Crippen LogP contribution in [-0.2, 0) is 0 Å². The molecule has 0 aromatic heterocycles. The van der Waals surface area contributed by atoms with Crippen molar-refractivity contribution in [2.75, 3.05) is 0 Å². The lowest BCUT2D eigenvalue weighted by Crippen LogP contribution is -2.42. The maximum Gasteiger partial charge on any atom is 0.0154 e. The smallest absolute Gasteiger partial charge is 0.0154 e.